The number of carbonyl (C=O) groups excluding carboxylic acids is 1. The van der Waals surface area contributed by atoms with E-state index in [0.29, 0.717) is 24.5 Å². The van der Waals surface area contributed by atoms with Gasteiger partial charge in [-0.3, -0.25) is 4.79 Å². The minimum Gasteiger partial charge on any atom is -0.396 e. The number of aryl methyl sites for hydroxylation is 1. The predicted octanol–water partition coefficient (Wildman–Crippen LogP) is 2.84. The highest BCUT2D eigenvalue weighted by Gasteiger charge is 1.99. The molecule has 0 aliphatic rings. The summed E-state index contributed by atoms with van der Waals surface area (Å²) in [7, 11) is 0. The Kier molecular flexibility index (Phi) is 6.32. The van der Waals surface area contributed by atoms with Crippen LogP contribution in [0.15, 0.2) is 48.7 Å². The van der Waals surface area contributed by atoms with Gasteiger partial charge in [0.1, 0.15) is 5.82 Å². The zero-order valence-electron chi connectivity index (χ0n) is 13.1. The summed E-state index contributed by atoms with van der Waals surface area (Å²) >= 11 is 0. The first-order chi connectivity index (χ1) is 11.2. The van der Waals surface area contributed by atoms with Gasteiger partial charge in [-0.05, 0) is 37.1 Å². The number of carbonyl (C=O) groups is 1. The maximum Gasteiger partial charge on any atom is 0.248 e. The molecule has 0 aliphatic carbocycles. The number of amides is 1. The first-order valence-electron chi connectivity index (χ1n) is 7.54. The van der Waals surface area contributed by atoms with Gasteiger partial charge in [0.25, 0.3) is 0 Å². The number of anilines is 2. The van der Waals surface area contributed by atoms with Gasteiger partial charge in [0.2, 0.25) is 5.91 Å². The van der Waals surface area contributed by atoms with Gasteiger partial charge in [-0.2, -0.15) is 0 Å². The lowest BCUT2D eigenvalue weighted by Crippen LogP contribution is -2.09. The first kappa shape index (κ1) is 16.7. The van der Waals surface area contributed by atoms with Crippen molar-refractivity contribution in [2.24, 2.45) is 0 Å². The van der Waals surface area contributed by atoms with Crippen LogP contribution in [-0.2, 0) is 4.79 Å². The van der Waals surface area contributed by atoms with E-state index in [-0.39, 0.29) is 12.5 Å². The molecule has 5 nitrogen and oxygen atoms in total. The van der Waals surface area contributed by atoms with Gasteiger partial charge in [-0.25, -0.2) is 4.98 Å². The number of nitrogens with one attached hydrogen (secondary N) is 2. The lowest BCUT2D eigenvalue weighted by Gasteiger charge is -2.06. The highest BCUT2D eigenvalue weighted by molar-refractivity contribution is 6.01. The summed E-state index contributed by atoms with van der Waals surface area (Å²) in [5.41, 5.74) is 2.80. The number of pyridine rings is 1. The number of rotatable bonds is 7. The van der Waals surface area contributed by atoms with Crippen LogP contribution in [0.1, 0.15) is 17.5 Å². The molecule has 1 aromatic carbocycles. The molecule has 0 radical (unpaired) electrons. The minimum atomic E-state index is -0.201. The van der Waals surface area contributed by atoms with E-state index in [1.54, 1.807) is 24.4 Å². The van der Waals surface area contributed by atoms with Gasteiger partial charge in [0.05, 0.1) is 11.9 Å². The Morgan fingerprint density at radius 1 is 1.22 bits per heavy atom. The topological polar surface area (TPSA) is 74.2 Å². The molecule has 0 bridgehead atoms. The zero-order chi connectivity index (χ0) is 16.5. The van der Waals surface area contributed by atoms with E-state index >= 15 is 0 Å². The van der Waals surface area contributed by atoms with Crippen molar-refractivity contribution in [1.82, 2.24) is 4.98 Å². The molecule has 3 N–H and O–H groups in total. The molecule has 0 saturated heterocycles. The normalized spacial score (nSPS) is 10.7. The van der Waals surface area contributed by atoms with Crippen LogP contribution < -0.4 is 10.6 Å². The number of nitrogens with zero attached hydrogens (tertiary/aromatic N) is 1. The van der Waals surface area contributed by atoms with E-state index in [1.165, 1.54) is 11.6 Å². The Morgan fingerprint density at radius 3 is 2.65 bits per heavy atom. The predicted molar refractivity (Wildman–Crippen MR) is 93.3 cm³/mol. The molecule has 5 heteroatoms. The van der Waals surface area contributed by atoms with Crippen LogP contribution in [0.4, 0.5) is 11.5 Å². The summed E-state index contributed by atoms with van der Waals surface area (Å²) in [4.78, 5) is 16.1. The van der Waals surface area contributed by atoms with Crippen LogP contribution in [0.25, 0.3) is 6.08 Å². The number of benzene rings is 1. The van der Waals surface area contributed by atoms with Crippen molar-refractivity contribution in [3.63, 3.8) is 0 Å². The lowest BCUT2D eigenvalue weighted by molar-refractivity contribution is -0.111. The molecule has 2 rings (SSSR count). The summed E-state index contributed by atoms with van der Waals surface area (Å²) in [5.74, 6) is 0.514. The average molecular weight is 311 g/mol. The number of hydrogen-bond acceptors (Lipinski definition) is 4. The number of aliphatic hydroxyl groups is 1. The minimum absolute atomic E-state index is 0.147. The molecular formula is C18H21N3O2. The number of aromatic nitrogens is 1. The van der Waals surface area contributed by atoms with E-state index in [0.717, 1.165) is 5.56 Å². The van der Waals surface area contributed by atoms with Crippen molar-refractivity contribution in [2.75, 3.05) is 23.8 Å². The molecule has 120 valence electrons. The molecule has 0 aliphatic heterocycles. The fourth-order valence-electron chi connectivity index (χ4n) is 1.90. The fourth-order valence-corrected chi connectivity index (χ4v) is 1.90. The standard InChI is InChI=1S/C18H21N3O2/c1-14-3-5-15(6-4-14)7-10-18(23)21-16-8-9-17(20-13-16)19-11-2-12-22/h3-10,13,22H,2,11-12H2,1H3,(H,19,20)(H,21,23)/b10-7+. The Morgan fingerprint density at radius 2 is 2.00 bits per heavy atom. The molecule has 2 aromatic rings. The second-order valence-corrected chi connectivity index (χ2v) is 5.17. The van der Waals surface area contributed by atoms with Gasteiger partial charge in [-0.15, -0.1) is 0 Å². The van der Waals surface area contributed by atoms with Crippen molar-refractivity contribution >= 4 is 23.5 Å². The number of hydrogen-bond donors (Lipinski definition) is 3. The molecule has 0 atom stereocenters. The molecule has 1 heterocycles. The van der Waals surface area contributed by atoms with Gasteiger partial charge < -0.3 is 15.7 Å². The largest absolute Gasteiger partial charge is 0.396 e. The second kappa shape index (κ2) is 8.70. The summed E-state index contributed by atoms with van der Waals surface area (Å²) in [5, 5.41) is 14.6. The van der Waals surface area contributed by atoms with Crippen LogP contribution in [0.3, 0.4) is 0 Å². The SMILES string of the molecule is Cc1ccc(/C=C/C(=O)Nc2ccc(NCCCO)nc2)cc1. The summed E-state index contributed by atoms with van der Waals surface area (Å²) < 4.78 is 0. The summed E-state index contributed by atoms with van der Waals surface area (Å²) in [6.07, 6.45) is 5.54. The Hall–Kier alpha value is -2.66. The van der Waals surface area contributed by atoms with Crippen molar-refractivity contribution in [2.45, 2.75) is 13.3 Å². The third kappa shape index (κ3) is 5.92. The first-order valence-corrected chi connectivity index (χ1v) is 7.54. The molecule has 23 heavy (non-hydrogen) atoms. The van der Waals surface area contributed by atoms with E-state index in [2.05, 4.69) is 15.6 Å². The highest BCUT2D eigenvalue weighted by atomic mass is 16.3. The third-order valence-corrected chi connectivity index (χ3v) is 3.18. The van der Waals surface area contributed by atoms with Crippen LogP contribution >= 0.6 is 0 Å². The van der Waals surface area contributed by atoms with Crippen molar-refractivity contribution in [3.05, 3.63) is 59.8 Å². The van der Waals surface area contributed by atoms with Gasteiger partial charge >= 0.3 is 0 Å². The summed E-state index contributed by atoms with van der Waals surface area (Å²) in [6, 6.07) is 11.5. The second-order valence-electron chi connectivity index (χ2n) is 5.17. The Balaban J connectivity index is 1.86. The Labute approximate surface area is 136 Å². The molecule has 1 amide bonds. The maximum atomic E-state index is 11.9. The molecule has 0 saturated carbocycles. The van der Waals surface area contributed by atoms with Crippen molar-refractivity contribution < 1.29 is 9.90 Å². The molecular weight excluding hydrogens is 290 g/mol. The highest BCUT2D eigenvalue weighted by Crippen LogP contribution is 2.10. The van der Waals surface area contributed by atoms with Gasteiger partial charge in [0, 0.05) is 19.2 Å². The van der Waals surface area contributed by atoms with Crippen molar-refractivity contribution in [3.8, 4) is 0 Å². The maximum absolute atomic E-state index is 11.9. The molecule has 0 spiro atoms. The van der Waals surface area contributed by atoms with Crippen LogP contribution in [0, 0.1) is 6.92 Å². The van der Waals surface area contributed by atoms with E-state index in [9.17, 15) is 4.79 Å². The monoisotopic (exact) mass is 311 g/mol. The quantitative estimate of drug-likeness (QED) is 0.543. The Bertz CT molecular complexity index is 649. The third-order valence-electron chi connectivity index (χ3n) is 3.18. The van der Waals surface area contributed by atoms with E-state index < -0.39 is 0 Å². The van der Waals surface area contributed by atoms with Crippen LogP contribution in [0.2, 0.25) is 0 Å². The smallest absolute Gasteiger partial charge is 0.248 e. The van der Waals surface area contributed by atoms with Crippen molar-refractivity contribution in [1.29, 1.82) is 0 Å². The van der Waals surface area contributed by atoms with E-state index in [4.69, 9.17) is 5.11 Å². The molecule has 0 fully saturated rings. The summed E-state index contributed by atoms with van der Waals surface area (Å²) in [6.45, 7) is 2.83. The van der Waals surface area contributed by atoms with Gasteiger partial charge in [0.15, 0.2) is 0 Å². The van der Waals surface area contributed by atoms with Crippen LogP contribution in [-0.4, -0.2) is 29.1 Å². The fraction of sp³-hybridized carbons (Fsp3) is 0.222. The lowest BCUT2D eigenvalue weighted by atomic mass is 10.1. The van der Waals surface area contributed by atoms with Gasteiger partial charge in [-0.1, -0.05) is 29.8 Å². The average Bonchev–Trinajstić information content (AvgIpc) is 2.56. The molecule has 0 unspecified atom stereocenters. The molecule has 1 aromatic heterocycles. The van der Waals surface area contributed by atoms with Crippen LogP contribution in [0.5, 0.6) is 0 Å². The number of aliphatic hydroxyl groups excluding tert-OH is 1. The zero-order valence-corrected chi connectivity index (χ0v) is 13.1. The van der Waals surface area contributed by atoms with E-state index in [1.807, 2.05) is 31.2 Å².